The molecule has 0 aliphatic rings. The van der Waals surface area contributed by atoms with E-state index in [9.17, 15) is 0 Å². The lowest BCUT2D eigenvalue weighted by Crippen LogP contribution is -2.09. The van der Waals surface area contributed by atoms with Crippen LogP contribution < -0.4 is 4.90 Å². The van der Waals surface area contributed by atoms with Gasteiger partial charge in [0.25, 0.3) is 0 Å². The molecule has 3 heteroatoms. The van der Waals surface area contributed by atoms with E-state index in [0.29, 0.717) is 5.56 Å². The molecule has 0 fully saturated rings. The zero-order chi connectivity index (χ0) is 13.1. The Morgan fingerprint density at radius 3 is 2.56 bits per heavy atom. The topological polar surface area (TPSA) is 27.0 Å². The molecule has 0 N–H and O–H groups in total. The van der Waals surface area contributed by atoms with Gasteiger partial charge < -0.3 is 4.90 Å². The Labute approximate surface area is 116 Å². The molecule has 2 rings (SSSR count). The molecule has 0 amide bonds. The molecule has 0 heterocycles. The van der Waals surface area contributed by atoms with Gasteiger partial charge in [-0.05, 0) is 42.8 Å². The van der Waals surface area contributed by atoms with Crippen LogP contribution in [0.1, 0.15) is 11.1 Å². The first-order valence-electron chi connectivity index (χ1n) is 5.61. The number of nitriles is 1. The third-order valence-electron chi connectivity index (χ3n) is 2.79. The summed E-state index contributed by atoms with van der Waals surface area (Å²) in [6.07, 6.45) is 0. The number of benzene rings is 2. The first-order chi connectivity index (χ1) is 8.60. The van der Waals surface area contributed by atoms with Gasteiger partial charge in [0.1, 0.15) is 0 Å². The van der Waals surface area contributed by atoms with Gasteiger partial charge in [0.2, 0.25) is 0 Å². The number of hydrogen-bond donors (Lipinski definition) is 0. The first kappa shape index (κ1) is 12.7. The standard InChI is InChI=1S/C15H13BrN2/c1-11-4-3-5-14(6-11)18(2)15-8-12(10-17)7-13(16)9-15/h3-9H,1-2H3. The molecule has 2 aromatic rings. The quantitative estimate of drug-likeness (QED) is 0.822. The second kappa shape index (κ2) is 5.24. The van der Waals surface area contributed by atoms with Gasteiger partial charge in [-0.1, -0.05) is 28.1 Å². The number of anilines is 2. The van der Waals surface area contributed by atoms with Crippen molar-refractivity contribution in [1.29, 1.82) is 5.26 Å². The smallest absolute Gasteiger partial charge is 0.0992 e. The van der Waals surface area contributed by atoms with Crippen LogP contribution in [0.25, 0.3) is 0 Å². The summed E-state index contributed by atoms with van der Waals surface area (Å²) in [4.78, 5) is 2.07. The molecular formula is C15H13BrN2. The van der Waals surface area contributed by atoms with Gasteiger partial charge in [-0.2, -0.15) is 5.26 Å². The summed E-state index contributed by atoms with van der Waals surface area (Å²) in [6, 6.07) is 16.1. The summed E-state index contributed by atoms with van der Waals surface area (Å²) in [7, 11) is 2.00. The Balaban J connectivity index is 2.43. The normalized spacial score (nSPS) is 9.89. The van der Waals surface area contributed by atoms with Crippen molar-refractivity contribution in [3.8, 4) is 6.07 Å². The highest BCUT2D eigenvalue weighted by molar-refractivity contribution is 9.10. The monoisotopic (exact) mass is 300 g/mol. The van der Waals surface area contributed by atoms with E-state index in [4.69, 9.17) is 5.26 Å². The van der Waals surface area contributed by atoms with Crippen molar-refractivity contribution in [1.82, 2.24) is 0 Å². The highest BCUT2D eigenvalue weighted by Crippen LogP contribution is 2.28. The molecule has 90 valence electrons. The maximum absolute atomic E-state index is 8.99. The minimum Gasteiger partial charge on any atom is -0.345 e. The van der Waals surface area contributed by atoms with Gasteiger partial charge >= 0.3 is 0 Å². The Morgan fingerprint density at radius 1 is 1.11 bits per heavy atom. The van der Waals surface area contributed by atoms with E-state index in [-0.39, 0.29) is 0 Å². The number of hydrogen-bond acceptors (Lipinski definition) is 2. The molecule has 0 aliphatic carbocycles. The van der Waals surface area contributed by atoms with Crippen LogP contribution in [0.2, 0.25) is 0 Å². The Bertz CT molecular complexity index is 614. The van der Waals surface area contributed by atoms with Crippen LogP contribution in [-0.4, -0.2) is 7.05 Å². The van der Waals surface area contributed by atoms with Gasteiger partial charge in [-0.25, -0.2) is 0 Å². The summed E-state index contributed by atoms with van der Waals surface area (Å²) in [5.74, 6) is 0. The fourth-order valence-corrected chi connectivity index (χ4v) is 2.30. The van der Waals surface area contributed by atoms with Gasteiger partial charge in [0, 0.05) is 22.9 Å². The Kier molecular flexibility index (Phi) is 3.69. The van der Waals surface area contributed by atoms with Gasteiger partial charge in [0.05, 0.1) is 11.6 Å². The van der Waals surface area contributed by atoms with Crippen LogP contribution in [0.15, 0.2) is 46.9 Å². The fourth-order valence-electron chi connectivity index (χ4n) is 1.82. The van der Waals surface area contributed by atoms with Crippen LogP contribution in [0.5, 0.6) is 0 Å². The molecule has 0 aliphatic heterocycles. The van der Waals surface area contributed by atoms with E-state index in [1.807, 2.05) is 31.3 Å². The number of aryl methyl sites for hydroxylation is 1. The van der Waals surface area contributed by atoms with Crippen molar-refractivity contribution in [2.24, 2.45) is 0 Å². The van der Waals surface area contributed by atoms with E-state index in [2.05, 4.69) is 52.0 Å². The molecule has 0 saturated carbocycles. The van der Waals surface area contributed by atoms with Crippen LogP contribution in [0.3, 0.4) is 0 Å². The number of halogens is 1. The van der Waals surface area contributed by atoms with Crippen LogP contribution in [0, 0.1) is 18.3 Å². The summed E-state index contributed by atoms with van der Waals surface area (Å²) in [5, 5.41) is 8.99. The molecule has 0 saturated heterocycles. The number of nitrogens with zero attached hydrogens (tertiary/aromatic N) is 2. The molecule has 0 aromatic heterocycles. The maximum atomic E-state index is 8.99. The summed E-state index contributed by atoms with van der Waals surface area (Å²) >= 11 is 3.43. The van der Waals surface area contributed by atoms with E-state index >= 15 is 0 Å². The summed E-state index contributed by atoms with van der Waals surface area (Å²) in [5.41, 5.74) is 3.97. The minimum absolute atomic E-state index is 0.652. The molecule has 0 bridgehead atoms. The lowest BCUT2D eigenvalue weighted by Gasteiger charge is -2.20. The maximum Gasteiger partial charge on any atom is 0.0992 e. The molecular weight excluding hydrogens is 288 g/mol. The molecule has 0 spiro atoms. The second-order valence-electron chi connectivity index (χ2n) is 4.21. The minimum atomic E-state index is 0.652. The van der Waals surface area contributed by atoms with Crippen molar-refractivity contribution in [3.63, 3.8) is 0 Å². The summed E-state index contributed by atoms with van der Waals surface area (Å²) in [6.45, 7) is 2.07. The molecule has 0 radical (unpaired) electrons. The third-order valence-corrected chi connectivity index (χ3v) is 3.25. The van der Waals surface area contributed by atoms with Crippen molar-refractivity contribution < 1.29 is 0 Å². The van der Waals surface area contributed by atoms with E-state index in [1.54, 1.807) is 0 Å². The lowest BCUT2D eigenvalue weighted by molar-refractivity contribution is 1.20. The van der Waals surface area contributed by atoms with Crippen LogP contribution in [-0.2, 0) is 0 Å². The predicted octanol–water partition coefficient (Wildman–Crippen LogP) is 4.40. The van der Waals surface area contributed by atoms with Gasteiger partial charge in [0.15, 0.2) is 0 Å². The highest BCUT2D eigenvalue weighted by Gasteiger charge is 2.06. The average molecular weight is 301 g/mol. The predicted molar refractivity (Wildman–Crippen MR) is 78.1 cm³/mol. The van der Waals surface area contributed by atoms with E-state index in [0.717, 1.165) is 15.8 Å². The SMILES string of the molecule is Cc1cccc(N(C)c2cc(Br)cc(C#N)c2)c1. The van der Waals surface area contributed by atoms with Crippen molar-refractivity contribution in [2.75, 3.05) is 11.9 Å². The fraction of sp³-hybridized carbons (Fsp3) is 0.133. The Morgan fingerprint density at radius 2 is 1.89 bits per heavy atom. The highest BCUT2D eigenvalue weighted by atomic mass is 79.9. The zero-order valence-electron chi connectivity index (χ0n) is 10.3. The third kappa shape index (κ3) is 2.72. The van der Waals surface area contributed by atoms with E-state index < -0.39 is 0 Å². The Hall–Kier alpha value is -1.79. The van der Waals surface area contributed by atoms with Gasteiger partial charge in [-0.15, -0.1) is 0 Å². The van der Waals surface area contributed by atoms with Crippen LogP contribution in [0.4, 0.5) is 11.4 Å². The molecule has 2 nitrogen and oxygen atoms in total. The molecule has 18 heavy (non-hydrogen) atoms. The van der Waals surface area contributed by atoms with Crippen molar-refractivity contribution in [2.45, 2.75) is 6.92 Å². The molecule has 2 aromatic carbocycles. The van der Waals surface area contributed by atoms with Crippen molar-refractivity contribution >= 4 is 27.3 Å². The largest absolute Gasteiger partial charge is 0.345 e. The van der Waals surface area contributed by atoms with Crippen LogP contribution >= 0.6 is 15.9 Å². The second-order valence-corrected chi connectivity index (χ2v) is 5.12. The van der Waals surface area contributed by atoms with Crippen molar-refractivity contribution in [3.05, 3.63) is 58.1 Å². The zero-order valence-corrected chi connectivity index (χ0v) is 11.9. The average Bonchev–Trinajstić information content (AvgIpc) is 2.37. The molecule has 0 unspecified atom stereocenters. The number of rotatable bonds is 2. The molecule has 0 atom stereocenters. The lowest BCUT2D eigenvalue weighted by atomic mass is 10.1. The first-order valence-corrected chi connectivity index (χ1v) is 6.40. The summed E-state index contributed by atoms with van der Waals surface area (Å²) < 4.78 is 0.913. The van der Waals surface area contributed by atoms with Gasteiger partial charge in [-0.3, -0.25) is 0 Å². The van der Waals surface area contributed by atoms with E-state index in [1.165, 1.54) is 5.56 Å².